The molecule has 1 saturated heterocycles. The minimum absolute atomic E-state index is 0.225. The Kier molecular flexibility index (Phi) is 2.16. The average Bonchev–Trinajstić information content (AvgIpc) is 2.76. The Morgan fingerprint density at radius 3 is 2.93 bits per heavy atom. The van der Waals surface area contributed by atoms with Crippen molar-refractivity contribution in [3.63, 3.8) is 0 Å². The molecule has 0 amide bonds. The van der Waals surface area contributed by atoms with Gasteiger partial charge in [-0.25, -0.2) is 0 Å². The highest BCUT2D eigenvalue weighted by molar-refractivity contribution is 7.12. The molecule has 1 spiro atoms. The number of fused-ring (bicyclic) bond motifs is 2. The molecule has 0 saturated carbocycles. The molecule has 1 aliphatic carbocycles. The first kappa shape index (κ1) is 9.51. The average molecular weight is 224 g/mol. The molecule has 0 radical (unpaired) electrons. The van der Waals surface area contributed by atoms with Gasteiger partial charge in [-0.05, 0) is 17.9 Å². The maximum absolute atomic E-state index is 11.7. The first-order valence-corrected chi connectivity index (χ1v) is 6.09. The molecule has 0 aromatic carbocycles. The van der Waals surface area contributed by atoms with Crippen molar-refractivity contribution in [3.8, 4) is 0 Å². The van der Waals surface area contributed by atoms with Crippen LogP contribution in [0.1, 0.15) is 34.5 Å². The van der Waals surface area contributed by atoms with E-state index in [2.05, 4.69) is 0 Å². The van der Waals surface area contributed by atoms with Crippen LogP contribution >= 0.6 is 11.3 Å². The smallest absolute Gasteiger partial charge is 0.196 e. The summed E-state index contributed by atoms with van der Waals surface area (Å²) in [5.74, 6) is -0.384. The standard InChI is InChI=1S/C11H12O3S/c12-9-2-4-11(13-5-1-6-14-11)8-3-7-15-10(8)9/h3,7H,1-2,4-6H2. The summed E-state index contributed by atoms with van der Waals surface area (Å²) in [7, 11) is 0. The van der Waals surface area contributed by atoms with Crippen molar-refractivity contribution < 1.29 is 14.3 Å². The van der Waals surface area contributed by atoms with Gasteiger partial charge >= 0.3 is 0 Å². The molecule has 0 N–H and O–H groups in total. The summed E-state index contributed by atoms with van der Waals surface area (Å²) in [5, 5.41) is 1.94. The molecule has 1 aliphatic heterocycles. The van der Waals surface area contributed by atoms with Gasteiger partial charge in [-0.1, -0.05) is 0 Å². The zero-order valence-electron chi connectivity index (χ0n) is 8.32. The van der Waals surface area contributed by atoms with Gasteiger partial charge in [-0.15, -0.1) is 11.3 Å². The lowest BCUT2D eigenvalue weighted by Gasteiger charge is -2.39. The second-order valence-corrected chi connectivity index (χ2v) is 4.81. The van der Waals surface area contributed by atoms with Gasteiger partial charge in [0.2, 0.25) is 0 Å². The maximum atomic E-state index is 11.7. The van der Waals surface area contributed by atoms with Crippen molar-refractivity contribution in [2.75, 3.05) is 13.2 Å². The van der Waals surface area contributed by atoms with Crippen molar-refractivity contribution in [1.29, 1.82) is 0 Å². The fourth-order valence-corrected chi connectivity index (χ4v) is 3.15. The monoisotopic (exact) mass is 224 g/mol. The van der Waals surface area contributed by atoms with E-state index >= 15 is 0 Å². The molecular weight excluding hydrogens is 212 g/mol. The van der Waals surface area contributed by atoms with Crippen LogP contribution in [0, 0.1) is 0 Å². The van der Waals surface area contributed by atoms with Crippen LogP contribution in [0.2, 0.25) is 0 Å². The highest BCUT2D eigenvalue weighted by Crippen LogP contribution is 2.43. The van der Waals surface area contributed by atoms with Crippen LogP contribution in [0.5, 0.6) is 0 Å². The van der Waals surface area contributed by atoms with E-state index in [1.807, 2.05) is 11.4 Å². The van der Waals surface area contributed by atoms with Gasteiger partial charge in [0.05, 0.1) is 18.1 Å². The molecule has 0 bridgehead atoms. The second kappa shape index (κ2) is 3.40. The predicted octanol–water partition coefficient (Wildman–Crippen LogP) is 2.31. The third kappa shape index (κ3) is 1.36. The molecule has 2 aliphatic rings. The van der Waals surface area contributed by atoms with Crippen molar-refractivity contribution in [2.45, 2.75) is 25.0 Å². The van der Waals surface area contributed by atoms with Crippen LogP contribution in [0.25, 0.3) is 0 Å². The fourth-order valence-electron chi connectivity index (χ4n) is 2.23. The first-order valence-electron chi connectivity index (χ1n) is 5.21. The summed E-state index contributed by atoms with van der Waals surface area (Å²) >= 11 is 1.49. The van der Waals surface area contributed by atoms with E-state index in [1.54, 1.807) is 0 Å². The van der Waals surface area contributed by atoms with Gasteiger partial charge < -0.3 is 9.47 Å². The third-order valence-corrected chi connectivity index (χ3v) is 3.92. The van der Waals surface area contributed by atoms with E-state index < -0.39 is 5.79 Å². The van der Waals surface area contributed by atoms with Crippen molar-refractivity contribution in [3.05, 3.63) is 21.9 Å². The maximum Gasteiger partial charge on any atom is 0.196 e. The van der Waals surface area contributed by atoms with Crippen molar-refractivity contribution >= 4 is 17.1 Å². The van der Waals surface area contributed by atoms with E-state index in [9.17, 15) is 4.79 Å². The van der Waals surface area contributed by atoms with Gasteiger partial charge in [0, 0.05) is 18.4 Å². The summed E-state index contributed by atoms with van der Waals surface area (Å²) < 4.78 is 11.5. The van der Waals surface area contributed by atoms with Crippen LogP contribution in [0.3, 0.4) is 0 Å². The zero-order chi connectivity index (χ0) is 10.3. The molecule has 3 nitrogen and oxygen atoms in total. The van der Waals surface area contributed by atoms with E-state index in [4.69, 9.17) is 9.47 Å². The number of ether oxygens (including phenoxy) is 2. The Labute approximate surface area is 92.0 Å². The number of ketones is 1. The Bertz CT molecular complexity index is 390. The molecule has 0 unspecified atom stereocenters. The normalized spacial score (nSPS) is 24.1. The van der Waals surface area contributed by atoms with Crippen LogP contribution < -0.4 is 0 Å². The van der Waals surface area contributed by atoms with E-state index in [0.717, 1.165) is 30.1 Å². The summed E-state index contributed by atoms with van der Waals surface area (Å²) in [5.41, 5.74) is 0.948. The minimum Gasteiger partial charge on any atom is -0.346 e. The first-order chi connectivity index (χ1) is 7.32. The Morgan fingerprint density at radius 1 is 1.33 bits per heavy atom. The molecular formula is C11H12O3S. The molecule has 1 fully saturated rings. The molecule has 4 heteroatoms. The van der Waals surface area contributed by atoms with Gasteiger partial charge in [0.15, 0.2) is 11.6 Å². The summed E-state index contributed by atoms with van der Waals surface area (Å²) in [6.45, 7) is 1.45. The third-order valence-electron chi connectivity index (χ3n) is 2.97. The highest BCUT2D eigenvalue weighted by atomic mass is 32.1. The minimum atomic E-state index is -0.610. The van der Waals surface area contributed by atoms with Crippen LogP contribution in [0.4, 0.5) is 0 Å². The number of carbonyl (C=O) groups is 1. The summed E-state index contributed by atoms with van der Waals surface area (Å²) in [4.78, 5) is 12.5. The highest BCUT2D eigenvalue weighted by Gasteiger charge is 2.43. The van der Waals surface area contributed by atoms with Crippen LogP contribution in [-0.2, 0) is 15.3 Å². The topological polar surface area (TPSA) is 35.5 Å². The Hall–Kier alpha value is -0.710. The van der Waals surface area contributed by atoms with Gasteiger partial charge in [0.25, 0.3) is 0 Å². The lowest BCUT2D eigenvalue weighted by molar-refractivity contribution is -0.280. The fraction of sp³-hybridized carbons (Fsp3) is 0.545. The number of hydrogen-bond acceptors (Lipinski definition) is 4. The SMILES string of the molecule is O=C1CCC2(OCCCO2)c2ccsc21. The van der Waals surface area contributed by atoms with Gasteiger partial charge in [-0.3, -0.25) is 4.79 Å². The number of rotatable bonds is 0. The quantitative estimate of drug-likeness (QED) is 0.678. The summed E-state index contributed by atoms with van der Waals surface area (Å²) in [6, 6.07) is 1.96. The number of carbonyl (C=O) groups excluding carboxylic acids is 1. The number of hydrogen-bond donors (Lipinski definition) is 0. The zero-order valence-corrected chi connectivity index (χ0v) is 9.14. The van der Waals surface area contributed by atoms with Gasteiger partial charge in [0.1, 0.15) is 0 Å². The van der Waals surface area contributed by atoms with Crippen molar-refractivity contribution in [2.24, 2.45) is 0 Å². The molecule has 80 valence electrons. The molecule has 0 atom stereocenters. The molecule has 1 aromatic rings. The van der Waals surface area contributed by atoms with E-state index in [0.29, 0.717) is 12.8 Å². The lowest BCUT2D eigenvalue weighted by Crippen LogP contribution is -2.41. The van der Waals surface area contributed by atoms with E-state index in [-0.39, 0.29) is 5.78 Å². The number of thiophene rings is 1. The van der Waals surface area contributed by atoms with E-state index in [1.165, 1.54) is 11.3 Å². The second-order valence-electron chi connectivity index (χ2n) is 3.89. The molecule has 15 heavy (non-hydrogen) atoms. The Morgan fingerprint density at radius 2 is 2.13 bits per heavy atom. The van der Waals surface area contributed by atoms with Gasteiger partial charge in [-0.2, -0.15) is 0 Å². The molecule has 1 aromatic heterocycles. The summed E-state index contributed by atoms with van der Waals surface area (Å²) in [6.07, 6.45) is 2.14. The van der Waals surface area contributed by atoms with Crippen LogP contribution in [0.15, 0.2) is 11.4 Å². The molecule has 3 rings (SSSR count). The Balaban J connectivity index is 2.06. The lowest BCUT2D eigenvalue weighted by atomic mass is 9.91. The van der Waals surface area contributed by atoms with Crippen molar-refractivity contribution in [1.82, 2.24) is 0 Å². The number of Topliss-reactive ketones (excluding diaryl/α,β-unsaturated/α-hetero) is 1. The predicted molar refractivity (Wildman–Crippen MR) is 56.1 cm³/mol. The molecule has 2 heterocycles. The largest absolute Gasteiger partial charge is 0.346 e. The van der Waals surface area contributed by atoms with Crippen LogP contribution in [-0.4, -0.2) is 19.0 Å².